The van der Waals surface area contributed by atoms with Crippen LogP contribution in [0.1, 0.15) is 50.6 Å². The molecule has 0 amide bonds. The lowest BCUT2D eigenvalue weighted by molar-refractivity contribution is 0.303. The molecule has 1 N–H and O–H groups in total. The summed E-state index contributed by atoms with van der Waals surface area (Å²) in [7, 11) is 0. The van der Waals surface area contributed by atoms with Crippen molar-refractivity contribution >= 4 is 28.5 Å². The van der Waals surface area contributed by atoms with E-state index in [1.165, 1.54) is 43.4 Å². The zero-order valence-corrected chi connectivity index (χ0v) is 13.4. The molecule has 0 bridgehead atoms. The molecule has 1 saturated carbocycles. The van der Waals surface area contributed by atoms with Gasteiger partial charge in [0.1, 0.15) is 0 Å². The van der Waals surface area contributed by atoms with Crippen molar-refractivity contribution in [3.63, 3.8) is 0 Å². The van der Waals surface area contributed by atoms with Gasteiger partial charge in [-0.3, -0.25) is 4.99 Å². The molecule has 1 atom stereocenters. The standard InChI is InChI=1S/C16H21ClN2S/c1-12(13-5-7-14(17)8-6-13)18-15-19-16(11-20-15)9-3-2-4-10-16/h5-8,12H,2-4,9-11H2,1H3,(H,18,19). The Bertz CT molecular complexity index is 492. The molecule has 1 aliphatic carbocycles. The number of amidine groups is 1. The number of nitrogens with zero attached hydrogens (tertiary/aromatic N) is 1. The zero-order valence-electron chi connectivity index (χ0n) is 11.9. The molecule has 1 aliphatic heterocycles. The molecule has 0 radical (unpaired) electrons. The molecule has 2 fully saturated rings. The predicted molar refractivity (Wildman–Crippen MR) is 88.7 cm³/mol. The normalized spacial score (nSPS) is 24.8. The van der Waals surface area contributed by atoms with E-state index >= 15 is 0 Å². The molecule has 20 heavy (non-hydrogen) atoms. The van der Waals surface area contributed by atoms with Gasteiger partial charge in [-0.25, -0.2) is 0 Å². The molecule has 4 heteroatoms. The third-order valence-corrected chi connectivity index (χ3v) is 5.76. The molecule has 2 aliphatic rings. The van der Waals surface area contributed by atoms with Crippen molar-refractivity contribution in [1.82, 2.24) is 5.32 Å². The Hall–Kier alpha value is -0.670. The lowest BCUT2D eigenvalue weighted by Gasteiger charge is -2.32. The average molecular weight is 309 g/mol. The maximum Gasteiger partial charge on any atom is 0.157 e. The van der Waals surface area contributed by atoms with Gasteiger partial charge < -0.3 is 5.32 Å². The van der Waals surface area contributed by atoms with E-state index < -0.39 is 0 Å². The van der Waals surface area contributed by atoms with Crippen molar-refractivity contribution in [3.8, 4) is 0 Å². The van der Waals surface area contributed by atoms with Crippen LogP contribution in [-0.4, -0.2) is 16.5 Å². The van der Waals surface area contributed by atoms with Crippen LogP contribution in [0.4, 0.5) is 0 Å². The summed E-state index contributed by atoms with van der Waals surface area (Å²) >= 11 is 7.82. The quantitative estimate of drug-likeness (QED) is 0.849. The summed E-state index contributed by atoms with van der Waals surface area (Å²) in [5, 5.41) is 5.61. The van der Waals surface area contributed by atoms with Crippen molar-refractivity contribution in [2.75, 3.05) is 5.75 Å². The van der Waals surface area contributed by atoms with E-state index in [-0.39, 0.29) is 6.04 Å². The maximum absolute atomic E-state index is 5.93. The third kappa shape index (κ3) is 3.15. The number of benzene rings is 1. The van der Waals surface area contributed by atoms with Gasteiger partial charge in [0.15, 0.2) is 5.17 Å². The number of aliphatic imine (C=N–C) groups is 1. The summed E-state index contributed by atoms with van der Waals surface area (Å²) in [6.07, 6.45) is 6.70. The van der Waals surface area contributed by atoms with Gasteiger partial charge in [0.05, 0.1) is 6.04 Å². The first-order valence-corrected chi connectivity index (χ1v) is 8.78. The Morgan fingerprint density at radius 3 is 2.60 bits per heavy atom. The van der Waals surface area contributed by atoms with Crippen molar-refractivity contribution in [3.05, 3.63) is 34.9 Å². The van der Waals surface area contributed by atoms with Gasteiger partial charge in [-0.1, -0.05) is 54.8 Å². The number of hydrogen-bond donors (Lipinski definition) is 1. The summed E-state index contributed by atoms with van der Waals surface area (Å²) in [6.45, 7) is 2.14. The summed E-state index contributed by atoms with van der Waals surface area (Å²) in [5.74, 6) is 1.18. The lowest BCUT2D eigenvalue weighted by atomic mass is 9.83. The van der Waals surface area contributed by atoms with Crippen molar-refractivity contribution in [2.24, 2.45) is 4.99 Å². The zero-order chi connectivity index (χ0) is 14.0. The highest BCUT2D eigenvalue weighted by Crippen LogP contribution is 2.36. The van der Waals surface area contributed by atoms with Crippen LogP contribution in [0.2, 0.25) is 5.02 Å². The summed E-state index contributed by atoms with van der Waals surface area (Å²) < 4.78 is 0. The largest absolute Gasteiger partial charge is 0.359 e. The molecule has 1 spiro atoms. The third-order valence-electron chi connectivity index (χ3n) is 4.33. The van der Waals surface area contributed by atoms with Crippen LogP contribution in [0.25, 0.3) is 0 Å². The summed E-state index contributed by atoms with van der Waals surface area (Å²) in [6, 6.07) is 8.18. The van der Waals surface area contributed by atoms with Crippen LogP contribution < -0.4 is 5.32 Å². The second-order valence-corrected chi connectivity index (χ2v) is 7.32. The highest BCUT2D eigenvalue weighted by molar-refractivity contribution is 8.14. The Labute approximate surface area is 130 Å². The molecule has 108 valence electrons. The van der Waals surface area contributed by atoms with Crippen molar-refractivity contribution in [2.45, 2.75) is 50.6 Å². The van der Waals surface area contributed by atoms with Crippen LogP contribution in [0.5, 0.6) is 0 Å². The van der Waals surface area contributed by atoms with E-state index in [1.54, 1.807) is 0 Å². The maximum atomic E-state index is 5.93. The van der Waals surface area contributed by atoms with Gasteiger partial charge in [0.2, 0.25) is 0 Å². The number of rotatable bonds is 2. The smallest absolute Gasteiger partial charge is 0.157 e. The van der Waals surface area contributed by atoms with Crippen LogP contribution in [0, 0.1) is 0 Å². The van der Waals surface area contributed by atoms with E-state index in [1.807, 2.05) is 23.9 Å². The lowest BCUT2D eigenvalue weighted by Crippen LogP contribution is -2.45. The van der Waals surface area contributed by atoms with Gasteiger partial charge in [0, 0.05) is 16.3 Å². The fourth-order valence-electron chi connectivity index (χ4n) is 3.06. The second-order valence-electron chi connectivity index (χ2n) is 5.92. The SMILES string of the molecule is CC(N=C1NC2(CCCCC2)CS1)c1ccc(Cl)cc1. The minimum atomic E-state index is 0.181. The molecule has 2 nitrogen and oxygen atoms in total. The molecular weight excluding hydrogens is 288 g/mol. The van der Waals surface area contributed by atoms with Gasteiger partial charge in [-0.15, -0.1) is 0 Å². The first kappa shape index (κ1) is 14.3. The Balaban J connectivity index is 1.68. The second kappa shape index (κ2) is 5.98. The number of thioether (sulfide) groups is 1. The molecule has 1 saturated heterocycles. The van der Waals surface area contributed by atoms with Gasteiger partial charge in [-0.2, -0.15) is 0 Å². The highest BCUT2D eigenvalue weighted by Gasteiger charge is 2.38. The van der Waals surface area contributed by atoms with Gasteiger partial charge in [-0.05, 0) is 37.5 Å². The van der Waals surface area contributed by atoms with E-state index in [0.717, 1.165) is 10.2 Å². The molecule has 1 heterocycles. The minimum Gasteiger partial charge on any atom is -0.359 e. The first-order chi connectivity index (χ1) is 9.67. The van der Waals surface area contributed by atoms with Crippen LogP contribution in [-0.2, 0) is 0 Å². The number of nitrogens with one attached hydrogen (secondary N) is 1. The summed E-state index contributed by atoms with van der Waals surface area (Å²) in [4.78, 5) is 4.85. The van der Waals surface area contributed by atoms with E-state index in [4.69, 9.17) is 16.6 Å². The fourth-order valence-corrected chi connectivity index (χ4v) is 4.49. The molecule has 1 unspecified atom stereocenters. The van der Waals surface area contributed by atoms with E-state index in [2.05, 4.69) is 24.4 Å². The predicted octanol–water partition coefficient (Wildman–Crippen LogP) is 4.80. The van der Waals surface area contributed by atoms with Gasteiger partial charge >= 0.3 is 0 Å². The fraction of sp³-hybridized carbons (Fsp3) is 0.562. The molecule has 0 aromatic heterocycles. The summed E-state index contributed by atoms with van der Waals surface area (Å²) in [5.41, 5.74) is 1.55. The monoisotopic (exact) mass is 308 g/mol. The minimum absolute atomic E-state index is 0.181. The Kier molecular flexibility index (Phi) is 4.27. The Morgan fingerprint density at radius 1 is 1.20 bits per heavy atom. The molecule has 1 aromatic carbocycles. The van der Waals surface area contributed by atoms with Crippen molar-refractivity contribution in [1.29, 1.82) is 0 Å². The van der Waals surface area contributed by atoms with Crippen molar-refractivity contribution < 1.29 is 0 Å². The number of hydrogen-bond acceptors (Lipinski definition) is 2. The van der Waals surface area contributed by atoms with E-state index in [9.17, 15) is 0 Å². The Morgan fingerprint density at radius 2 is 1.90 bits per heavy atom. The van der Waals surface area contributed by atoms with Crippen LogP contribution >= 0.6 is 23.4 Å². The number of halogens is 1. The van der Waals surface area contributed by atoms with Crippen LogP contribution in [0.15, 0.2) is 29.3 Å². The molecular formula is C16H21ClN2S. The molecule has 1 aromatic rings. The van der Waals surface area contributed by atoms with Gasteiger partial charge in [0.25, 0.3) is 0 Å². The average Bonchev–Trinajstić information content (AvgIpc) is 2.83. The first-order valence-electron chi connectivity index (χ1n) is 7.41. The molecule has 3 rings (SSSR count). The topological polar surface area (TPSA) is 24.4 Å². The van der Waals surface area contributed by atoms with E-state index in [0.29, 0.717) is 5.54 Å². The highest BCUT2D eigenvalue weighted by atomic mass is 35.5. The van der Waals surface area contributed by atoms with Crippen LogP contribution in [0.3, 0.4) is 0 Å².